The molecule has 0 radical (unpaired) electrons. The molecule has 0 saturated carbocycles. The van der Waals surface area contributed by atoms with Crippen molar-refractivity contribution in [2.75, 3.05) is 6.61 Å². The monoisotopic (exact) mass is 180 g/mol. The third-order valence-electron chi connectivity index (χ3n) is 1.05. The maximum atomic E-state index is 10.1. The summed E-state index contributed by atoms with van der Waals surface area (Å²) in [6.07, 6.45) is 3.30. The van der Waals surface area contributed by atoms with Crippen LogP contribution in [0.25, 0.3) is 0 Å². The van der Waals surface area contributed by atoms with Crippen LogP contribution < -0.4 is 0 Å². The second kappa shape index (κ2) is 5.29. The molecule has 5 heteroatoms. The van der Waals surface area contributed by atoms with E-state index in [0.717, 1.165) is 11.8 Å². The molecule has 0 amide bonds. The molecule has 0 aliphatic carbocycles. The zero-order valence-corrected chi connectivity index (χ0v) is 6.92. The number of aliphatic hydroxyl groups excluding tert-OH is 1. The zero-order chi connectivity index (χ0) is 8.74. The zero-order valence-electron chi connectivity index (χ0n) is 6.10. The summed E-state index contributed by atoms with van der Waals surface area (Å²) in [5.41, 5.74) is 0. The normalized spacial score (nSPS) is 12.5. The average molecular weight is 180 g/mol. The van der Waals surface area contributed by atoms with Crippen LogP contribution in [-0.2, 0) is 10.1 Å². The van der Waals surface area contributed by atoms with Crippen molar-refractivity contribution >= 4 is 10.1 Å². The van der Waals surface area contributed by atoms with E-state index in [-0.39, 0.29) is 6.61 Å². The van der Waals surface area contributed by atoms with Gasteiger partial charge in [0, 0.05) is 6.61 Å². The highest BCUT2D eigenvalue weighted by molar-refractivity contribution is 7.88. The quantitative estimate of drug-likeness (QED) is 0.478. The topological polar surface area (TPSA) is 74.6 Å². The average Bonchev–Trinajstić information content (AvgIpc) is 1.85. The lowest BCUT2D eigenvalue weighted by Gasteiger charge is -1.89. The highest BCUT2D eigenvalue weighted by Crippen LogP contribution is 1.96. The SMILES string of the molecule is O=S(=O)(O)/C=C/CCCCO. The van der Waals surface area contributed by atoms with Crippen molar-refractivity contribution in [3.63, 3.8) is 0 Å². The molecule has 11 heavy (non-hydrogen) atoms. The Bertz CT molecular complexity index is 205. The van der Waals surface area contributed by atoms with E-state index in [2.05, 4.69) is 0 Å². The minimum absolute atomic E-state index is 0.111. The first kappa shape index (κ1) is 10.6. The van der Waals surface area contributed by atoms with Gasteiger partial charge in [-0.3, -0.25) is 4.55 Å². The Morgan fingerprint density at radius 2 is 1.91 bits per heavy atom. The highest BCUT2D eigenvalue weighted by Gasteiger charge is 1.93. The molecule has 0 aromatic carbocycles. The Labute approximate surface area is 66.3 Å². The standard InChI is InChI=1S/C6H12O4S/c7-5-3-1-2-4-6-11(8,9)10/h4,6-7H,1-3,5H2,(H,8,9,10)/b6-4+. The van der Waals surface area contributed by atoms with Gasteiger partial charge in [0.05, 0.1) is 5.41 Å². The molecule has 0 fully saturated rings. The molecule has 0 atom stereocenters. The maximum absolute atomic E-state index is 10.1. The number of allylic oxidation sites excluding steroid dienone is 1. The van der Waals surface area contributed by atoms with Crippen molar-refractivity contribution in [2.45, 2.75) is 19.3 Å². The minimum atomic E-state index is -3.95. The van der Waals surface area contributed by atoms with Gasteiger partial charge in [-0.2, -0.15) is 8.42 Å². The van der Waals surface area contributed by atoms with Crippen LogP contribution in [0.1, 0.15) is 19.3 Å². The Hall–Kier alpha value is -0.390. The maximum Gasteiger partial charge on any atom is 0.287 e. The van der Waals surface area contributed by atoms with E-state index < -0.39 is 10.1 Å². The van der Waals surface area contributed by atoms with Gasteiger partial charge in [0.2, 0.25) is 0 Å². The van der Waals surface area contributed by atoms with Gasteiger partial charge in [0.1, 0.15) is 0 Å². The van der Waals surface area contributed by atoms with Crippen LogP contribution in [0.4, 0.5) is 0 Å². The second-order valence-electron chi connectivity index (χ2n) is 2.11. The molecular formula is C6H12O4S. The molecule has 66 valence electrons. The van der Waals surface area contributed by atoms with Gasteiger partial charge in [-0.05, 0) is 19.3 Å². The third-order valence-corrected chi connectivity index (χ3v) is 1.58. The third kappa shape index (κ3) is 9.61. The largest absolute Gasteiger partial charge is 0.396 e. The summed E-state index contributed by atoms with van der Waals surface area (Å²) in [5.74, 6) is 0. The molecule has 2 N–H and O–H groups in total. The van der Waals surface area contributed by atoms with Crippen LogP contribution >= 0.6 is 0 Å². The van der Waals surface area contributed by atoms with E-state index >= 15 is 0 Å². The van der Waals surface area contributed by atoms with E-state index in [1.807, 2.05) is 0 Å². The lowest BCUT2D eigenvalue weighted by Crippen LogP contribution is -1.89. The Morgan fingerprint density at radius 3 is 2.36 bits per heavy atom. The number of rotatable bonds is 5. The summed E-state index contributed by atoms with van der Waals surface area (Å²) in [4.78, 5) is 0. The first-order valence-corrected chi connectivity index (χ1v) is 4.81. The summed E-state index contributed by atoms with van der Waals surface area (Å²) in [5, 5.41) is 9.09. The molecule has 0 aliphatic heterocycles. The van der Waals surface area contributed by atoms with Crippen LogP contribution in [0.5, 0.6) is 0 Å². The lowest BCUT2D eigenvalue weighted by molar-refractivity contribution is 0.285. The molecule has 0 aliphatic rings. The molecule has 0 saturated heterocycles. The van der Waals surface area contributed by atoms with Crippen molar-refractivity contribution < 1.29 is 18.1 Å². The Balaban J connectivity index is 3.46. The van der Waals surface area contributed by atoms with Gasteiger partial charge in [0.25, 0.3) is 10.1 Å². The summed E-state index contributed by atoms with van der Waals surface area (Å²) in [6.45, 7) is 0.111. The number of hydrogen-bond donors (Lipinski definition) is 2. The summed E-state index contributed by atoms with van der Waals surface area (Å²) in [6, 6.07) is 0. The number of hydrogen-bond acceptors (Lipinski definition) is 3. The summed E-state index contributed by atoms with van der Waals surface area (Å²) < 4.78 is 28.4. The summed E-state index contributed by atoms with van der Waals surface area (Å²) >= 11 is 0. The van der Waals surface area contributed by atoms with Crippen molar-refractivity contribution in [3.05, 3.63) is 11.5 Å². The fourth-order valence-electron chi connectivity index (χ4n) is 0.564. The van der Waals surface area contributed by atoms with Crippen molar-refractivity contribution in [2.24, 2.45) is 0 Å². The van der Waals surface area contributed by atoms with E-state index in [0.29, 0.717) is 12.8 Å². The molecule has 0 aromatic heterocycles. The van der Waals surface area contributed by atoms with Crippen LogP contribution in [0.3, 0.4) is 0 Å². The van der Waals surface area contributed by atoms with Gasteiger partial charge in [0.15, 0.2) is 0 Å². The second-order valence-corrected chi connectivity index (χ2v) is 3.41. The first-order valence-electron chi connectivity index (χ1n) is 3.31. The molecular weight excluding hydrogens is 168 g/mol. The Kier molecular flexibility index (Phi) is 5.10. The van der Waals surface area contributed by atoms with Crippen LogP contribution in [0.15, 0.2) is 11.5 Å². The molecule has 4 nitrogen and oxygen atoms in total. The van der Waals surface area contributed by atoms with Gasteiger partial charge >= 0.3 is 0 Å². The van der Waals surface area contributed by atoms with Gasteiger partial charge in [-0.1, -0.05) is 6.08 Å². The molecule has 0 heterocycles. The van der Waals surface area contributed by atoms with Crippen LogP contribution in [-0.4, -0.2) is 24.7 Å². The molecule has 0 unspecified atom stereocenters. The first-order chi connectivity index (χ1) is 5.06. The van der Waals surface area contributed by atoms with Crippen molar-refractivity contribution in [3.8, 4) is 0 Å². The molecule has 0 spiro atoms. The van der Waals surface area contributed by atoms with E-state index in [9.17, 15) is 8.42 Å². The Morgan fingerprint density at radius 1 is 1.27 bits per heavy atom. The lowest BCUT2D eigenvalue weighted by atomic mass is 10.2. The predicted octanol–water partition coefficient (Wildman–Crippen LogP) is 0.550. The van der Waals surface area contributed by atoms with E-state index in [1.165, 1.54) is 6.08 Å². The van der Waals surface area contributed by atoms with E-state index in [4.69, 9.17) is 9.66 Å². The highest BCUT2D eigenvalue weighted by atomic mass is 32.2. The summed E-state index contributed by atoms with van der Waals surface area (Å²) in [7, 11) is -3.95. The fourth-order valence-corrected chi connectivity index (χ4v) is 0.943. The minimum Gasteiger partial charge on any atom is -0.396 e. The fraction of sp³-hybridized carbons (Fsp3) is 0.667. The predicted molar refractivity (Wildman–Crippen MR) is 41.6 cm³/mol. The van der Waals surface area contributed by atoms with Crippen molar-refractivity contribution in [1.29, 1.82) is 0 Å². The number of unbranched alkanes of at least 4 members (excludes halogenated alkanes) is 2. The van der Waals surface area contributed by atoms with Crippen LogP contribution in [0.2, 0.25) is 0 Å². The molecule has 0 rings (SSSR count). The van der Waals surface area contributed by atoms with Crippen molar-refractivity contribution in [1.82, 2.24) is 0 Å². The smallest absolute Gasteiger partial charge is 0.287 e. The molecule has 0 bridgehead atoms. The molecule has 0 aromatic rings. The van der Waals surface area contributed by atoms with Crippen LogP contribution in [0, 0.1) is 0 Å². The van der Waals surface area contributed by atoms with Gasteiger partial charge in [-0.15, -0.1) is 0 Å². The van der Waals surface area contributed by atoms with E-state index in [1.54, 1.807) is 0 Å². The number of aliphatic hydroxyl groups is 1. The van der Waals surface area contributed by atoms with Gasteiger partial charge in [-0.25, -0.2) is 0 Å². The van der Waals surface area contributed by atoms with Gasteiger partial charge < -0.3 is 5.11 Å².